The monoisotopic (exact) mass is 280 g/mol. The number of alkyl carbamates (subject to hydrolysis) is 1. The Labute approximate surface area is 120 Å². The Bertz CT molecular complexity index is 453. The van der Waals surface area contributed by atoms with E-state index in [1.807, 2.05) is 45.9 Å². The molecule has 5 heteroatoms. The number of hydrogen-bond donors (Lipinski definition) is 2. The molecule has 0 atom stereocenters. The van der Waals surface area contributed by atoms with Crippen molar-refractivity contribution in [2.75, 3.05) is 13.2 Å². The second-order valence-corrected chi connectivity index (χ2v) is 5.57. The highest BCUT2D eigenvalue weighted by molar-refractivity contribution is 5.67. The largest absolute Gasteiger partial charge is 0.492 e. The fourth-order valence-corrected chi connectivity index (χ4v) is 1.59. The summed E-state index contributed by atoms with van der Waals surface area (Å²) in [5.41, 5.74) is 7.36. The first-order chi connectivity index (χ1) is 9.31. The van der Waals surface area contributed by atoms with E-state index in [1.165, 1.54) is 0 Å². The maximum absolute atomic E-state index is 11.4. The maximum atomic E-state index is 11.4. The molecule has 0 aliphatic heterocycles. The molecule has 0 fully saturated rings. The number of carbonyl (C=O) groups is 1. The minimum Gasteiger partial charge on any atom is -0.492 e. The summed E-state index contributed by atoms with van der Waals surface area (Å²) in [7, 11) is 0. The lowest BCUT2D eigenvalue weighted by atomic mass is 10.1. The molecule has 5 nitrogen and oxygen atoms in total. The van der Waals surface area contributed by atoms with Gasteiger partial charge in [0.25, 0.3) is 0 Å². The Hall–Kier alpha value is -1.75. The van der Waals surface area contributed by atoms with Gasteiger partial charge < -0.3 is 20.5 Å². The highest BCUT2D eigenvalue weighted by Crippen LogP contribution is 2.16. The molecule has 1 aromatic carbocycles. The summed E-state index contributed by atoms with van der Waals surface area (Å²) in [4.78, 5) is 11.4. The highest BCUT2D eigenvalue weighted by atomic mass is 16.6. The van der Waals surface area contributed by atoms with E-state index in [9.17, 15) is 4.79 Å². The molecule has 1 amide bonds. The number of nitrogens with one attached hydrogen (secondary N) is 1. The van der Waals surface area contributed by atoms with Crippen LogP contribution in [0.1, 0.15) is 31.9 Å². The van der Waals surface area contributed by atoms with Crippen LogP contribution in [0.3, 0.4) is 0 Å². The lowest BCUT2D eigenvalue weighted by molar-refractivity contribution is 0.0520. The van der Waals surface area contributed by atoms with E-state index in [0.717, 1.165) is 16.9 Å². The van der Waals surface area contributed by atoms with E-state index in [2.05, 4.69) is 5.32 Å². The van der Waals surface area contributed by atoms with Gasteiger partial charge in [-0.15, -0.1) is 0 Å². The summed E-state index contributed by atoms with van der Waals surface area (Å²) < 4.78 is 10.7. The van der Waals surface area contributed by atoms with Crippen LogP contribution in [-0.2, 0) is 11.3 Å². The molecule has 1 rings (SSSR count). The molecular formula is C15H24N2O3. The van der Waals surface area contributed by atoms with Crippen LogP contribution < -0.4 is 15.8 Å². The van der Waals surface area contributed by atoms with Crippen molar-refractivity contribution in [1.29, 1.82) is 0 Å². The van der Waals surface area contributed by atoms with Crippen LogP contribution in [0.4, 0.5) is 4.79 Å². The fourth-order valence-electron chi connectivity index (χ4n) is 1.59. The fraction of sp³-hybridized carbons (Fsp3) is 0.533. The molecule has 0 bridgehead atoms. The Kier molecular flexibility index (Phi) is 5.82. The number of aryl methyl sites for hydroxylation is 1. The predicted octanol–water partition coefficient (Wildman–Crippen LogP) is 2.36. The van der Waals surface area contributed by atoms with Gasteiger partial charge >= 0.3 is 6.09 Å². The SMILES string of the molecule is Cc1ccc(OCCNC(=O)OC(C)(C)C)cc1CN. The van der Waals surface area contributed by atoms with Gasteiger partial charge in [-0.25, -0.2) is 4.79 Å². The number of carbonyl (C=O) groups excluding carboxylic acids is 1. The van der Waals surface area contributed by atoms with Crippen LogP contribution >= 0.6 is 0 Å². The molecule has 0 saturated carbocycles. The molecule has 112 valence electrons. The van der Waals surface area contributed by atoms with Crippen molar-refractivity contribution < 1.29 is 14.3 Å². The minimum absolute atomic E-state index is 0.381. The first-order valence-corrected chi connectivity index (χ1v) is 6.71. The molecule has 0 saturated heterocycles. The smallest absolute Gasteiger partial charge is 0.407 e. The van der Waals surface area contributed by atoms with Gasteiger partial charge in [0.2, 0.25) is 0 Å². The molecule has 0 aliphatic carbocycles. The molecule has 1 aromatic rings. The molecule has 3 N–H and O–H groups in total. The summed E-state index contributed by atoms with van der Waals surface area (Å²) in [5, 5.41) is 2.64. The van der Waals surface area contributed by atoms with Gasteiger partial charge in [-0.2, -0.15) is 0 Å². The molecule has 0 radical (unpaired) electrons. The number of nitrogens with two attached hydrogens (primary N) is 1. The zero-order valence-corrected chi connectivity index (χ0v) is 12.7. The van der Waals surface area contributed by atoms with Crippen LogP contribution in [0.15, 0.2) is 18.2 Å². The van der Waals surface area contributed by atoms with E-state index in [-0.39, 0.29) is 0 Å². The summed E-state index contributed by atoms with van der Waals surface area (Å²) in [5.74, 6) is 0.752. The third-order valence-corrected chi connectivity index (χ3v) is 2.58. The predicted molar refractivity (Wildman–Crippen MR) is 78.8 cm³/mol. The molecule has 0 aliphatic rings. The Morgan fingerprint density at radius 1 is 1.35 bits per heavy atom. The normalized spacial score (nSPS) is 11.1. The third-order valence-electron chi connectivity index (χ3n) is 2.58. The molecular weight excluding hydrogens is 256 g/mol. The van der Waals surface area contributed by atoms with Crippen molar-refractivity contribution in [3.63, 3.8) is 0 Å². The van der Waals surface area contributed by atoms with Crippen LogP contribution in [0.5, 0.6) is 5.75 Å². The van der Waals surface area contributed by atoms with Gasteiger partial charge in [-0.3, -0.25) is 0 Å². The number of amides is 1. The van der Waals surface area contributed by atoms with E-state index >= 15 is 0 Å². The topological polar surface area (TPSA) is 73.6 Å². The molecule has 0 aromatic heterocycles. The van der Waals surface area contributed by atoms with E-state index in [1.54, 1.807) is 0 Å². The standard InChI is InChI=1S/C15H24N2O3/c1-11-5-6-13(9-12(11)10-16)19-8-7-17-14(18)20-15(2,3)4/h5-6,9H,7-8,10,16H2,1-4H3,(H,17,18). The van der Waals surface area contributed by atoms with Crippen LogP contribution in [0.25, 0.3) is 0 Å². The zero-order chi connectivity index (χ0) is 15.2. The van der Waals surface area contributed by atoms with Crippen LogP contribution in [0, 0.1) is 6.92 Å². The Morgan fingerprint density at radius 2 is 2.05 bits per heavy atom. The van der Waals surface area contributed by atoms with Gasteiger partial charge in [0, 0.05) is 6.54 Å². The molecule has 0 spiro atoms. The number of hydrogen-bond acceptors (Lipinski definition) is 4. The quantitative estimate of drug-likeness (QED) is 0.812. The highest BCUT2D eigenvalue weighted by Gasteiger charge is 2.15. The van der Waals surface area contributed by atoms with Gasteiger partial charge in [-0.1, -0.05) is 6.07 Å². The van der Waals surface area contributed by atoms with Crippen molar-refractivity contribution in [2.24, 2.45) is 5.73 Å². The lowest BCUT2D eigenvalue weighted by Gasteiger charge is -2.19. The summed E-state index contributed by atoms with van der Waals surface area (Å²) >= 11 is 0. The summed E-state index contributed by atoms with van der Waals surface area (Å²) in [6.45, 7) is 8.74. The van der Waals surface area contributed by atoms with E-state index in [4.69, 9.17) is 15.2 Å². The van der Waals surface area contributed by atoms with Gasteiger partial charge in [0.05, 0.1) is 6.54 Å². The third kappa shape index (κ3) is 5.93. The first kappa shape index (κ1) is 16.3. The van der Waals surface area contributed by atoms with Crippen LogP contribution in [0.2, 0.25) is 0 Å². The van der Waals surface area contributed by atoms with Crippen molar-refractivity contribution in [3.8, 4) is 5.75 Å². The van der Waals surface area contributed by atoms with Crippen LogP contribution in [-0.4, -0.2) is 24.8 Å². The van der Waals surface area contributed by atoms with Gasteiger partial charge in [-0.05, 0) is 51.0 Å². The minimum atomic E-state index is -0.488. The van der Waals surface area contributed by atoms with Crippen molar-refractivity contribution >= 4 is 6.09 Å². The molecule has 0 heterocycles. The Morgan fingerprint density at radius 3 is 2.65 bits per heavy atom. The Balaban J connectivity index is 2.33. The second-order valence-electron chi connectivity index (χ2n) is 5.57. The lowest BCUT2D eigenvalue weighted by Crippen LogP contribution is -2.34. The summed E-state index contributed by atoms with van der Waals surface area (Å²) in [6, 6.07) is 5.78. The second kappa shape index (κ2) is 7.14. The van der Waals surface area contributed by atoms with Gasteiger partial charge in [0.15, 0.2) is 0 Å². The number of rotatable bonds is 5. The molecule has 0 unspecified atom stereocenters. The van der Waals surface area contributed by atoms with E-state index < -0.39 is 11.7 Å². The first-order valence-electron chi connectivity index (χ1n) is 6.71. The summed E-state index contributed by atoms with van der Waals surface area (Å²) in [6.07, 6.45) is -0.437. The maximum Gasteiger partial charge on any atom is 0.407 e. The average Bonchev–Trinajstić information content (AvgIpc) is 2.34. The average molecular weight is 280 g/mol. The molecule has 20 heavy (non-hydrogen) atoms. The number of benzene rings is 1. The van der Waals surface area contributed by atoms with Crippen molar-refractivity contribution in [1.82, 2.24) is 5.32 Å². The van der Waals surface area contributed by atoms with E-state index in [0.29, 0.717) is 19.7 Å². The van der Waals surface area contributed by atoms with Crippen molar-refractivity contribution in [3.05, 3.63) is 29.3 Å². The van der Waals surface area contributed by atoms with Gasteiger partial charge in [0.1, 0.15) is 18.0 Å². The zero-order valence-electron chi connectivity index (χ0n) is 12.7. The van der Waals surface area contributed by atoms with Crippen molar-refractivity contribution in [2.45, 2.75) is 39.8 Å². The number of ether oxygens (including phenoxy) is 2.